The van der Waals surface area contributed by atoms with Crippen LogP contribution in [-0.2, 0) is 0 Å². The third kappa shape index (κ3) is 2.02. The summed E-state index contributed by atoms with van der Waals surface area (Å²) in [6, 6.07) is 13.8. The Labute approximate surface area is 114 Å². The predicted molar refractivity (Wildman–Crippen MR) is 74.4 cm³/mol. The summed E-state index contributed by atoms with van der Waals surface area (Å²) in [7, 11) is 0. The lowest BCUT2D eigenvalue weighted by Gasteiger charge is -2.01. The number of benzene rings is 2. The average molecular weight is 272 g/mol. The highest BCUT2D eigenvalue weighted by molar-refractivity contribution is 6.68. The Morgan fingerprint density at radius 1 is 1.16 bits per heavy atom. The molecule has 0 saturated carbocycles. The first kappa shape index (κ1) is 11.9. The number of fused-ring (bicyclic) bond motifs is 1. The van der Waals surface area contributed by atoms with Crippen LogP contribution in [0.5, 0.6) is 0 Å². The average Bonchev–Trinajstić information content (AvgIpc) is 2.80. The smallest absolute Gasteiger partial charge is 0.258 e. The Kier molecular flexibility index (Phi) is 2.84. The molecule has 0 aliphatic rings. The standard InChI is InChI=1S/C15H10ClNO2/c1-9-13(15(16)18)14(17-19-9)12-7-6-10-4-2-3-5-11(10)8-12/h2-8H,1H3. The molecule has 0 aliphatic carbocycles. The molecule has 2 aromatic carbocycles. The molecule has 0 saturated heterocycles. The van der Waals surface area contributed by atoms with Crippen LogP contribution in [0.25, 0.3) is 22.0 Å². The van der Waals surface area contributed by atoms with Crippen molar-refractivity contribution in [1.29, 1.82) is 0 Å². The summed E-state index contributed by atoms with van der Waals surface area (Å²) in [6.07, 6.45) is 0. The zero-order chi connectivity index (χ0) is 13.4. The molecule has 4 heteroatoms. The van der Waals surface area contributed by atoms with Crippen LogP contribution in [0.2, 0.25) is 0 Å². The first-order valence-corrected chi connectivity index (χ1v) is 6.20. The van der Waals surface area contributed by atoms with Crippen LogP contribution in [0.15, 0.2) is 47.0 Å². The van der Waals surface area contributed by atoms with E-state index in [0.717, 1.165) is 16.3 Å². The summed E-state index contributed by atoms with van der Waals surface area (Å²) in [5.74, 6) is 0.433. The lowest BCUT2D eigenvalue weighted by molar-refractivity contribution is 0.108. The zero-order valence-corrected chi connectivity index (χ0v) is 10.9. The van der Waals surface area contributed by atoms with E-state index in [1.807, 2.05) is 42.5 Å². The number of halogens is 1. The summed E-state index contributed by atoms with van der Waals surface area (Å²) >= 11 is 5.58. The summed E-state index contributed by atoms with van der Waals surface area (Å²) in [6.45, 7) is 1.67. The van der Waals surface area contributed by atoms with Gasteiger partial charge in [0.15, 0.2) is 0 Å². The lowest BCUT2D eigenvalue weighted by Crippen LogP contribution is -1.93. The highest BCUT2D eigenvalue weighted by atomic mass is 35.5. The van der Waals surface area contributed by atoms with Crippen LogP contribution in [0.4, 0.5) is 0 Å². The molecule has 3 rings (SSSR count). The normalized spacial score (nSPS) is 10.8. The molecule has 19 heavy (non-hydrogen) atoms. The number of carbonyl (C=O) groups excluding carboxylic acids is 1. The van der Waals surface area contributed by atoms with Crippen molar-refractivity contribution >= 4 is 27.6 Å². The number of carbonyl (C=O) groups is 1. The van der Waals surface area contributed by atoms with Gasteiger partial charge in [0.25, 0.3) is 5.24 Å². The molecule has 0 fully saturated rings. The molecule has 0 bridgehead atoms. The van der Waals surface area contributed by atoms with Crippen molar-refractivity contribution in [2.24, 2.45) is 0 Å². The Hall–Kier alpha value is -2.13. The fourth-order valence-corrected chi connectivity index (χ4v) is 2.36. The van der Waals surface area contributed by atoms with Crippen molar-refractivity contribution in [3.63, 3.8) is 0 Å². The van der Waals surface area contributed by atoms with E-state index in [4.69, 9.17) is 16.1 Å². The second-order valence-electron chi connectivity index (χ2n) is 4.30. The van der Waals surface area contributed by atoms with Gasteiger partial charge in [-0.3, -0.25) is 4.79 Å². The molecular formula is C15H10ClNO2. The minimum atomic E-state index is -0.554. The Bertz CT molecular complexity index is 777. The largest absolute Gasteiger partial charge is 0.360 e. The van der Waals surface area contributed by atoms with Crippen molar-refractivity contribution in [3.8, 4) is 11.3 Å². The molecule has 94 valence electrons. The van der Waals surface area contributed by atoms with Gasteiger partial charge in [0, 0.05) is 5.56 Å². The van der Waals surface area contributed by atoms with Gasteiger partial charge in [-0.15, -0.1) is 0 Å². The van der Waals surface area contributed by atoms with Crippen LogP contribution in [0.3, 0.4) is 0 Å². The third-order valence-corrected chi connectivity index (χ3v) is 3.27. The van der Waals surface area contributed by atoms with E-state index in [-0.39, 0.29) is 0 Å². The maximum absolute atomic E-state index is 11.5. The number of hydrogen-bond donors (Lipinski definition) is 0. The van der Waals surface area contributed by atoms with E-state index in [9.17, 15) is 4.79 Å². The van der Waals surface area contributed by atoms with Crippen LogP contribution in [-0.4, -0.2) is 10.4 Å². The SMILES string of the molecule is Cc1onc(-c2ccc3ccccc3c2)c1C(=O)Cl. The molecule has 0 unspecified atom stereocenters. The molecule has 0 radical (unpaired) electrons. The Morgan fingerprint density at radius 3 is 2.63 bits per heavy atom. The second kappa shape index (κ2) is 4.52. The van der Waals surface area contributed by atoms with Gasteiger partial charge in [-0.05, 0) is 35.4 Å². The number of rotatable bonds is 2. The zero-order valence-electron chi connectivity index (χ0n) is 10.2. The molecule has 0 amide bonds. The Balaban J connectivity index is 2.22. The van der Waals surface area contributed by atoms with Gasteiger partial charge in [0.2, 0.25) is 0 Å². The quantitative estimate of drug-likeness (QED) is 0.657. The highest BCUT2D eigenvalue weighted by Gasteiger charge is 2.19. The summed E-state index contributed by atoms with van der Waals surface area (Å²) in [4.78, 5) is 11.5. The van der Waals surface area contributed by atoms with E-state index in [2.05, 4.69) is 5.16 Å². The van der Waals surface area contributed by atoms with E-state index >= 15 is 0 Å². The summed E-state index contributed by atoms with van der Waals surface area (Å²) in [5.41, 5.74) is 1.64. The van der Waals surface area contributed by atoms with Gasteiger partial charge in [0.1, 0.15) is 17.0 Å². The molecule has 0 atom stereocenters. The number of aromatic nitrogens is 1. The summed E-state index contributed by atoms with van der Waals surface area (Å²) < 4.78 is 5.07. The molecular weight excluding hydrogens is 262 g/mol. The van der Waals surface area contributed by atoms with Crippen molar-refractivity contribution in [3.05, 3.63) is 53.8 Å². The predicted octanol–water partition coefficient (Wildman–Crippen LogP) is 4.18. The number of nitrogens with zero attached hydrogens (tertiary/aromatic N) is 1. The van der Waals surface area contributed by atoms with Gasteiger partial charge in [-0.25, -0.2) is 0 Å². The van der Waals surface area contributed by atoms with E-state index in [1.165, 1.54) is 0 Å². The first-order valence-electron chi connectivity index (χ1n) is 5.82. The van der Waals surface area contributed by atoms with E-state index in [1.54, 1.807) is 6.92 Å². The summed E-state index contributed by atoms with van der Waals surface area (Å²) in [5, 5.41) is 5.59. The van der Waals surface area contributed by atoms with Gasteiger partial charge >= 0.3 is 0 Å². The van der Waals surface area contributed by atoms with Gasteiger partial charge < -0.3 is 4.52 Å². The van der Waals surface area contributed by atoms with Crippen LogP contribution < -0.4 is 0 Å². The van der Waals surface area contributed by atoms with Crippen molar-refractivity contribution in [1.82, 2.24) is 5.16 Å². The van der Waals surface area contributed by atoms with Gasteiger partial charge in [-0.2, -0.15) is 0 Å². The van der Waals surface area contributed by atoms with Crippen LogP contribution >= 0.6 is 11.6 Å². The molecule has 1 heterocycles. The van der Waals surface area contributed by atoms with Gasteiger partial charge in [0.05, 0.1) is 0 Å². The molecule has 0 aliphatic heterocycles. The van der Waals surface area contributed by atoms with Crippen LogP contribution in [0, 0.1) is 6.92 Å². The fraction of sp³-hybridized carbons (Fsp3) is 0.0667. The van der Waals surface area contributed by atoms with Crippen molar-refractivity contribution in [2.45, 2.75) is 6.92 Å². The fourth-order valence-electron chi connectivity index (χ4n) is 2.14. The Morgan fingerprint density at radius 2 is 1.89 bits per heavy atom. The molecule has 3 nitrogen and oxygen atoms in total. The highest BCUT2D eigenvalue weighted by Crippen LogP contribution is 2.29. The van der Waals surface area contributed by atoms with Gasteiger partial charge in [-0.1, -0.05) is 41.6 Å². The molecule has 3 aromatic rings. The minimum absolute atomic E-state index is 0.331. The maximum atomic E-state index is 11.5. The molecule has 1 aromatic heterocycles. The van der Waals surface area contributed by atoms with Crippen molar-refractivity contribution in [2.75, 3.05) is 0 Å². The third-order valence-electron chi connectivity index (χ3n) is 3.08. The molecule has 0 N–H and O–H groups in total. The van der Waals surface area contributed by atoms with Crippen molar-refractivity contribution < 1.29 is 9.32 Å². The maximum Gasteiger partial charge on any atom is 0.258 e. The van der Waals surface area contributed by atoms with E-state index in [0.29, 0.717) is 17.0 Å². The molecule has 0 spiro atoms. The lowest BCUT2D eigenvalue weighted by atomic mass is 10.0. The topological polar surface area (TPSA) is 43.1 Å². The second-order valence-corrected chi connectivity index (χ2v) is 4.64. The first-order chi connectivity index (χ1) is 9.16. The van der Waals surface area contributed by atoms with Crippen LogP contribution in [0.1, 0.15) is 16.1 Å². The minimum Gasteiger partial charge on any atom is -0.360 e. The monoisotopic (exact) mass is 271 g/mol. The van der Waals surface area contributed by atoms with E-state index < -0.39 is 5.24 Å². The number of aryl methyl sites for hydroxylation is 1. The number of hydrogen-bond acceptors (Lipinski definition) is 3.